The number of piperidine rings is 1. The van der Waals surface area contributed by atoms with E-state index in [0.29, 0.717) is 23.8 Å². The Labute approximate surface area is 169 Å². The average molecular weight is 389 g/mol. The van der Waals surface area contributed by atoms with Gasteiger partial charge in [0.25, 0.3) is 0 Å². The Bertz CT molecular complexity index is 656. The van der Waals surface area contributed by atoms with Crippen LogP contribution in [0.2, 0.25) is 0 Å². The predicted molar refractivity (Wildman–Crippen MR) is 112 cm³/mol. The van der Waals surface area contributed by atoms with Crippen LogP contribution in [0.15, 0.2) is 18.2 Å². The predicted octanol–water partition coefficient (Wildman–Crippen LogP) is 1.87. The van der Waals surface area contributed by atoms with E-state index in [2.05, 4.69) is 48.0 Å². The van der Waals surface area contributed by atoms with Crippen molar-refractivity contribution >= 4 is 6.41 Å². The Kier molecular flexibility index (Phi) is 6.96. The summed E-state index contributed by atoms with van der Waals surface area (Å²) in [6.07, 6.45) is 4.03. The first kappa shape index (κ1) is 21.1. The van der Waals surface area contributed by atoms with Crippen molar-refractivity contribution < 1.29 is 9.90 Å². The van der Waals surface area contributed by atoms with E-state index >= 15 is 0 Å². The van der Waals surface area contributed by atoms with Gasteiger partial charge in [-0.05, 0) is 69.2 Å². The Balaban J connectivity index is 1.75. The number of amides is 1. The molecule has 3 rings (SSSR count). The summed E-state index contributed by atoms with van der Waals surface area (Å²) in [6.45, 7) is 8.57. The van der Waals surface area contributed by atoms with E-state index in [-0.39, 0.29) is 6.17 Å². The molecule has 1 aromatic rings. The molecule has 1 fully saturated rings. The standard InChI is InChI=1S/C22H36N4O2/c1-16(2)21(14-25-9-7-19(8-10-25)24(3)4)26-13-18-11-20(28)6-5-17(18)12-22(26)23-15-27/h5-6,11,15-16,19,21-22,28H,7-10,12-14H2,1-4H3,(H,23,27)/t21-,22-/m1/s1. The molecule has 1 saturated heterocycles. The number of phenolic OH excluding ortho intramolecular Hbond substituents is 1. The van der Waals surface area contributed by atoms with E-state index in [1.165, 1.54) is 24.0 Å². The third-order valence-electron chi connectivity index (χ3n) is 6.54. The van der Waals surface area contributed by atoms with Crippen molar-refractivity contribution in [3.8, 4) is 5.75 Å². The smallest absolute Gasteiger partial charge is 0.208 e. The van der Waals surface area contributed by atoms with Crippen LogP contribution >= 0.6 is 0 Å². The summed E-state index contributed by atoms with van der Waals surface area (Å²) in [4.78, 5) is 18.6. The van der Waals surface area contributed by atoms with Crippen LogP contribution in [0.3, 0.4) is 0 Å². The first-order chi connectivity index (χ1) is 13.4. The normalized spacial score (nSPS) is 23.0. The number of hydrogen-bond donors (Lipinski definition) is 2. The molecule has 2 aliphatic rings. The van der Waals surface area contributed by atoms with Crippen molar-refractivity contribution in [3.05, 3.63) is 29.3 Å². The van der Waals surface area contributed by atoms with Gasteiger partial charge in [-0.3, -0.25) is 9.69 Å². The van der Waals surface area contributed by atoms with Crippen LogP contribution in [-0.2, 0) is 17.8 Å². The van der Waals surface area contributed by atoms with Gasteiger partial charge >= 0.3 is 0 Å². The number of rotatable bonds is 7. The molecule has 0 bridgehead atoms. The van der Waals surface area contributed by atoms with Crippen LogP contribution in [-0.4, -0.2) is 78.2 Å². The summed E-state index contributed by atoms with van der Waals surface area (Å²) >= 11 is 0. The van der Waals surface area contributed by atoms with Crippen LogP contribution < -0.4 is 5.32 Å². The van der Waals surface area contributed by atoms with Gasteiger partial charge in [0, 0.05) is 31.6 Å². The largest absolute Gasteiger partial charge is 0.508 e. The van der Waals surface area contributed by atoms with Crippen molar-refractivity contribution in [1.82, 2.24) is 20.0 Å². The molecular weight excluding hydrogens is 352 g/mol. The van der Waals surface area contributed by atoms with Gasteiger partial charge in [0.1, 0.15) is 5.75 Å². The zero-order chi connectivity index (χ0) is 20.3. The number of fused-ring (bicyclic) bond motifs is 1. The Morgan fingerprint density at radius 3 is 2.57 bits per heavy atom. The maximum atomic E-state index is 11.3. The van der Waals surface area contributed by atoms with E-state index in [4.69, 9.17) is 0 Å². The lowest BCUT2D eigenvalue weighted by Gasteiger charge is -2.46. The highest BCUT2D eigenvalue weighted by Crippen LogP contribution is 2.29. The molecule has 6 heteroatoms. The van der Waals surface area contributed by atoms with Crippen molar-refractivity contribution in [3.63, 3.8) is 0 Å². The third kappa shape index (κ3) is 4.85. The minimum absolute atomic E-state index is 0.00116. The van der Waals surface area contributed by atoms with E-state index < -0.39 is 0 Å². The second kappa shape index (κ2) is 9.25. The van der Waals surface area contributed by atoms with Crippen molar-refractivity contribution in [1.29, 1.82) is 0 Å². The van der Waals surface area contributed by atoms with Crippen LogP contribution in [0.25, 0.3) is 0 Å². The molecule has 0 radical (unpaired) electrons. The minimum Gasteiger partial charge on any atom is -0.508 e. The average Bonchev–Trinajstić information content (AvgIpc) is 2.66. The summed E-state index contributed by atoms with van der Waals surface area (Å²) in [5.74, 6) is 0.786. The topological polar surface area (TPSA) is 59.1 Å². The summed E-state index contributed by atoms with van der Waals surface area (Å²) in [5.41, 5.74) is 2.38. The molecule has 0 saturated carbocycles. The molecule has 2 heterocycles. The second-order valence-corrected chi connectivity index (χ2v) is 8.94. The van der Waals surface area contributed by atoms with Gasteiger partial charge in [-0.25, -0.2) is 0 Å². The first-order valence-electron chi connectivity index (χ1n) is 10.5. The van der Waals surface area contributed by atoms with E-state index in [9.17, 15) is 9.90 Å². The molecule has 0 aliphatic carbocycles. The SMILES string of the molecule is CC(C)[C@@H](CN1CCC(N(C)C)CC1)N1Cc2cc(O)ccc2C[C@@H]1NC=O. The maximum Gasteiger partial charge on any atom is 0.208 e. The summed E-state index contributed by atoms with van der Waals surface area (Å²) in [6, 6.07) is 6.63. The Hall–Kier alpha value is -1.63. The van der Waals surface area contributed by atoms with Crippen LogP contribution in [0.4, 0.5) is 0 Å². The van der Waals surface area contributed by atoms with Crippen LogP contribution in [0.1, 0.15) is 37.8 Å². The molecule has 156 valence electrons. The summed E-state index contributed by atoms with van der Waals surface area (Å²) < 4.78 is 0. The summed E-state index contributed by atoms with van der Waals surface area (Å²) in [5, 5.41) is 13.0. The fraction of sp³-hybridized carbons (Fsp3) is 0.682. The van der Waals surface area contributed by atoms with Crippen LogP contribution in [0, 0.1) is 5.92 Å². The lowest BCUT2D eigenvalue weighted by Crippen LogP contribution is -2.58. The van der Waals surface area contributed by atoms with Gasteiger partial charge in [0.05, 0.1) is 6.17 Å². The summed E-state index contributed by atoms with van der Waals surface area (Å²) in [7, 11) is 4.35. The van der Waals surface area contributed by atoms with Crippen molar-refractivity contribution in [2.75, 3.05) is 33.7 Å². The second-order valence-electron chi connectivity index (χ2n) is 8.94. The fourth-order valence-electron chi connectivity index (χ4n) is 4.75. The van der Waals surface area contributed by atoms with Crippen molar-refractivity contribution in [2.45, 2.75) is 57.9 Å². The quantitative estimate of drug-likeness (QED) is 0.699. The third-order valence-corrected chi connectivity index (χ3v) is 6.54. The number of carbonyl (C=O) groups excluding carboxylic acids is 1. The van der Waals surface area contributed by atoms with E-state index in [1.54, 1.807) is 6.07 Å². The molecule has 2 N–H and O–H groups in total. The number of hydrogen-bond acceptors (Lipinski definition) is 5. The first-order valence-corrected chi connectivity index (χ1v) is 10.5. The zero-order valence-electron chi connectivity index (χ0n) is 17.8. The monoisotopic (exact) mass is 388 g/mol. The van der Waals surface area contributed by atoms with Gasteiger partial charge in [0.2, 0.25) is 6.41 Å². The van der Waals surface area contributed by atoms with Gasteiger partial charge in [-0.2, -0.15) is 0 Å². The molecule has 6 nitrogen and oxygen atoms in total. The fourth-order valence-corrected chi connectivity index (χ4v) is 4.75. The van der Waals surface area contributed by atoms with E-state index in [1.807, 2.05) is 12.1 Å². The highest BCUT2D eigenvalue weighted by Gasteiger charge is 2.34. The lowest BCUT2D eigenvalue weighted by molar-refractivity contribution is -0.112. The Morgan fingerprint density at radius 2 is 1.96 bits per heavy atom. The number of benzene rings is 1. The highest BCUT2D eigenvalue weighted by atomic mass is 16.3. The number of phenols is 1. The van der Waals surface area contributed by atoms with Gasteiger partial charge < -0.3 is 20.2 Å². The van der Waals surface area contributed by atoms with E-state index in [0.717, 1.165) is 39.0 Å². The molecule has 0 unspecified atom stereocenters. The molecular formula is C22H36N4O2. The molecule has 2 aliphatic heterocycles. The molecule has 0 spiro atoms. The van der Waals surface area contributed by atoms with Crippen LogP contribution in [0.5, 0.6) is 5.75 Å². The number of carbonyl (C=O) groups is 1. The molecule has 28 heavy (non-hydrogen) atoms. The zero-order valence-corrected chi connectivity index (χ0v) is 17.8. The minimum atomic E-state index is 0.00116. The van der Waals surface area contributed by atoms with Crippen molar-refractivity contribution in [2.24, 2.45) is 5.92 Å². The number of aromatic hydroxyl groups is 1. The lowest BCUT2D eigenvalue weighted by atomic mass is 9.92. The number of nitrogens with one attached hydrogen (secondary N) is 1. The van der Waals surface area contributed by atoms with Gasteiger partial charge in [0.15, 0.2) is 0 Å². The number of nitrogens with zero attached hydrogens (tertiary/aromatic N) is 3. The molecule has 1 aromatic carbocycles. The highest BCUT2D eigenvalue weighted by molar-refractivity contribution is 5.47. The molecule has 2 atom stereocenters. The van der Waals surface area contributed by atoms with Gasteiger partial charge in [-0.1, -0.05) is 19.9 Å². The number of likely N-dealkylation sites (tertiary alicyclic amines) is 1. The Morgan fingerprint density at radius 1 is 1.25 bits per heavy atom. The molecule has 1 amide bonds. The maximum absolute atomic E-state index is 11.3. The van der Waals surface area contributed by atoms with Gasteiger partial charge in [-0.15, -0.1) is 0 Å². The molecule has 0 aromatic heterocycles.